The molecule has 0 aliphatic carbocycles. The minimum atomic E-state index is -3.47. The van der Waals surface area contributed by atoms with E-state index in [0.29, 0.717) is 6.54 Å². The third-order valence-corrected chi connectivity index (χ3v) is 5.52. The molecule has 1 heterocycles. The summed E-state index contributed by atoms with van der Waals surface area (Å²) >= 11 is 0. The Hall–Kier alpha value is -1.11. The fraction of sp³-hybridized carbons (Fsp3) is 0.538. The van der Waals surface area contributed by atoms with Crippen LogP contribution in [0, 0.1) is 0 Å². The number of benzene rings is 1. The maximum absolute atomic E-state index is 12.4. The Bertz CT molecular complexity index is 527. The van der Waals surface area contributed by atoms with Gasteiger partial charge in [0, 0.05) is 19.6 Å². The number of rotatable bonds is 4. The first-order valence-corrected chi connectivity index (χ1v) is 7.81. The first kappa shape index (κ1) is 14.3. The molecule has 0 bridgehead atoms. The standard InChI is InChI=1S/C13H20N2O3S/c1-14-9-3-4-11(14)10-15(2)19(17,18)13-7-5-12(16)6-8-13/h5-8,11,16H,3-4,9-10H2,1-2H3. The molecule has 0 aromatic heterocycles. The van der Waals surface area contributed by atoms with Crippen LogP contribution in [0.25, 0.3) is 0 Å². The highest BCUT2D eigenvalue weighted by atomic mass is 32.2. The van der Waals surface area contributed by atoms with E-state index >= 15 is 0 Å². The van der Waals surface area contributed by atoms with Crippen LogP contribution in [0.15, 0.2) is 29.2 Å². The predicted molar refractivity (Wildman–Crippen MR) is 73.6 cm³/mol. The molecule has 106 valence electrons. The van der Waals surface area contributed by atoms with E-state index in [2.05, 4.69) is 4.90 Å². The number of phenols is 1. The van der Waals surface area contributed by atoms with E-state index in [9.17, 15) is 13.5 Å². The van der Waals surface area contributed by atoms with E-state index in [1.54, 1.807) is 7.05 Å². The highest BCUT2D eigenvalue weighted by Crippen LogP contribution is 2.21. The lowest BCUT2D eigenvalue weighted by Crippen LogP contribution is -2.39. The maximum atomic E-state index is 12.4. The lowest BCUT2D eigenvalue weighted by Gasteiger charge is -2.25. The molecule has 19 heavy (non-hydrogen) atoms. The Balaban J connectivity index is 2.12. The van der Waals surface area contributed by atoms with Crippen LogP contribution in [0.2, 0.25) is 0 Å². The number of sulfonamides is 1. The zero-order valence-electron chi connectivity index (χ0n) is 11.3. The van der Waals surface area contributed by atoms with Crippen LogP contribution >= 0.6 is 0 Å². The molecular formula is C13H20N2O3S. The summed E-state index contributed by atoms with van der Waals surface area (Å²) in [4.78, 5) is 2.41. The van der Waals surface area contributed by atoms with Crippen molar-refractivity contribution in [2.24, 2.45) is 0 Å². The topological polar surface area (TPSA) is 60.9 Å². The van der Waals surface area contributed by atoms with Gasteiger partial charge < -0.3 is 10.0 Å². The summed E-state index contributed by atoms with van der Waals surface area (Å²) < 4.78 is 26.1. The van der Waals surface area contributed by atoms with E-state index in [1.165, 1.54) is 28.6 Å². The molecule has 1 saturated heterocycles. The molecule has 1 fully saturated rings. The van der Waals surface area contributed by atoms with Gasteiger partial charge in [-0.1, -0.05) is 0 Å². The van der Waals surface area contributed by atoms with Gasteiger partial charge in [0.25, 0.3) is 0 Å². The monoisotopic (exact) mass is 284 g/mol. The molecule has 1 aliphatic heterocycles. The molecule has 1 aliphatic rings. The molecule has 5 nitrogen and oxygen atoms in total. The summed E-state index contributed by atoms with van der Waals surface area (Å²) in [7, 11) is 0.161. The van der Waals surface area contributed by atoms with E-state index in [4.69, 9.17) is 0 Å². The molecule has 1 aromatic carbocycles. The number of likely N-dealkylation sites (tertiary alicyclic amines) is 1. The molecule has 0 spiro atoms. The molecule has 0 radical (unpaired) electrons. The predicted octanol–water partition coefficient (Wildman–Crippen LogP) is 1.11. The van der Waals surface area contributed by atoms with Crippen LogP contribution < -0.4 is 0 Å². The van der Waals surface area contributed by atoms with Crippen molar-refractivity contribution in [3.8, 4) is 5.75 Å². The molecule has 1 atom stereocenters. The Kier molecular flexibility index (Phi) is 4.13. The number of likely N-dealkylation sites (N-methyl/N-ethyl adjacent to an activating group) is 2. The smallest absolute Gasteiger partial charge is 0.242 e. The van der Waals surface area contributed by atoms with E-state index < -0.39 is 10.0 Å². The average molecular weight is 284 g/mol. The van der Waals surface area contributed by atoms with Crippen LogP contribution in [-0.2, 0) is 10.0 Å². The van der Waals surface area contributed by atoms with Crippen LogP contribution in [0.3, 0.4) is 0 Å². The first-order valence-electron chi connectivity index (χ1n) is 6.37. The average Bonchev–Trinajstić information content (AvgIpc) is 2.75. The van der Waals surface area contributed by atoms with Gasteiger partial charge in [0.1, 0.15) is 5.75 Å². The van der Waals surface area contributed by atoms with Crippen molar-refractivity contribution in [1.82, 2.24) is 9.21 Å². The van der Waals surface area contributed by atoms with Crippen LogP contribution in [0.4, 0.5) is 0 Å². The van der Waals surface area contributed by atoms with Crippen molar-refractivity contribution in [3.63, 3.8) is 0 Å². The summed E-state index contributed by atoms with van der Waals surface area (Å²) in [5.41, 5.74) is 0. The largest absolute Gasteiger partial charge is 0.508 e. The summed E-state index contributed by atoms with van der Waals surface area (Å²) in [5, 5.41) is 9.21. The number of hydrogen-bond donors (Lipinski definition) is 1. The lowest BCUT2D eigenvalue weighted by atomic mass is 10.2. The highest BCUT2D eigenvalue weighted by molar-refractivity contribution is 7.89. The minimum Gasteiger partial charge on any atom is -0.508 e. The molecule has 0 amide bonds. The molecule has 1 aromatic rings. The van der Waals surface area contributed by atoms with Crippen molar-refractivity contribution < 1.29 is 13.5 Å². The summed E-state index contributed by atoms with van der Waals surface area (Å²) in [5.74, 6) is 0.0668. The van der Waals surface area contributed by atoms with E-state index in [-0.39, 0.29) is 16.7 Å². The van der Waals surface area contributed by atoms with Gasteiger partial charge in [0.05, 0.1) is 4.90 Å². The molecule has 1 unspecified atom stereocenters. The highest BCUT2D eigenvalue weighted by Gasteiger charge is 2.27. The Morgan fingerprint density at radius 1 is 1.37 bits per heavy atom. The van der Waals surface area contributed by atoms with Crippen LogP contribution in [0.1, 0.15) is 12.8 Å². The van der Waals surface area contributed by atoms with Crippen molar-refractivity contribution >= 4 is 10.0 Å². The van der Waals surface area contributed by atoms with Crippen molar-refractivity contribution in [2.45, 2.75) is 23.8 Å². The van der Waals surface area contributed by atoms with E-state index in [1.807, 2.05) is 7.05 Å². The summed E-state index contributed by atoms with van der Waals surface area (Å²) in [6.07, 6.45) is 2.15. The fourth-order valence-corrected chi connectivity index (χ4v) is 3.61. The van der Waals surface area contributed by atoms with Crippen LogP contribution in [0.5, 0.6) is 5.75 Å². The molecular weight excluding hydrogens is 264 g/mol. The Morgan fingerprint density at radius 2 is 2.00 bits per heavy atom. The van der Waals surface area contributed by atoms with Gasteiger partial charge in [-0.05, 0) is 50.7 Å². The first-order chi connectivity index (χ1) is 8.91. The van der Waals surface area contributed by atoms with Crippen molar-refractivity contribution in [3.05, 3.63) is 24.3 Å². The van der Waals surface area contributed by atoms with E-state index in [0.717, 1.165) is 19.4 Å². The van der Waals surface area contributed by atoms with Gasteiger partial charge in [-0.2, -0.15) is 4.31 Å². The molecule has 0 saturated carbocycles. The summed E-state index contributed by atoms with van der Waals surface area (Å²) in [6.45, 7) is 1.53. The van der Waals surface area contributed by atoms with Crippen LogP contribution in [-0.4, -0.2) is 56.0 Å². The van der Waals surface area contributed by atoms with Gasteiger partial charge in [0.2, 0.25) is 10.0 Å². The Morgan fingerprint density at radius 3 is 2.53 bits per heavy atom. The van der Waals surface area contributed by atoms with Gasteiger partial charge in [-0.15, -0.1) is 0 Å². The maximum Gasteiger partial charge on any atom is 0.242 e. The van der Waals surface area contributed by atoms with Gasteiger partial charge in [-0.3, -0.25) is 0 Å². The molecule has 1 N–H and O–H groups in total. The van der Waals surface area contributed by atoms with Crippen molar-refractivity contribution in [1.29, 1.82) is 0 Å². The number of phenolic OH excluding ortho intramolecular Hbond substituents is 1. The van der Waals surface area contributed by atoms with Gasteiger partial charge >= 0.3 is 0 Å². The number of aromatic hydroxyl groups is 1. The molecule has 2 rings (SSSR count). The number of hydrogen-bond acceptors (Lipinski definition) is 4. The third kappa shape index (κ3) is 3.08. The van der Waals surface area contributed by atoms with Crippen molar-refractivity contribution in [2.75, 3.05) is 27.2 Å². The quantitative estimate of drug-likeness (QED) is 0.899. The normalized spacial score (nSPS) is 21.1. The minimum absolute atomic E-state index is 0.0668. The third-order valence-electron chi connectivity index (χ3n) is 3.68. The fourth-order valence-electron chi connectivity index (χ4n) is 2.40. The lowest BCUT2D eigenvalue weighted by molar-refractivity contribution is 0.271. The van der Waals surface area contributed by atoms with Gasteiger partial charge in [0.15, 0.2) is 0 Å². The number of nitrogens with zero attached hydrogens (tertiary/aromatic N) is 2. The molecule has 6 heteroatoms. The zero-order valence-corrected chi connectivity index (χ0v) is 12.1. The van der Waals surface area contributed by atoms with Gasteiger partial charge in [-0.25, -0.2) is 8.42 Å². The second kappa shape index (κ2) is 5.48. The SMILES string of the molecule is CN1CCCC1CN(C)S(=O)(=O)c1ccc(O)cc1. The second-order valence-electron chi connectivity index (χ2n) is 5.06. The summed E-state index contributed by atoms with van der Waals surface area (Å²) in [6, 6.07) is 5.93. The Labute approximate surface area is 114 Å². The second-order valence-corrected chi connectivity index (χ2v) is 7.10. The zero-order chi connectivity index (χ0) is 14.0.